The molecular formula is C11H15F3N6OS. The molecule has 0 unspecified atom stereocenters. The van der Waals surface area contributed by atoms with Gasteiger partial charge >= 0.3 is 6.18 Å². The maximum atomic E-state index is 13.1. The quantitative estimate of drug-likeness (QED) is 0.451. The van der Waals surface area contributed by atoms with Crippen LogP contribution >= 0.6 is 12.2 Å². The van der Waals surface area contributed by atoms with Gasteiger partial charge < -0.3 is 10.6 Å². The molecule has 0 saturated carbocycles. The summed E-state index contributed by atoms with van der Waals surface area (Å²) in [5.41, 5.74) is 4.71. The largest absolute Gasteiger partial charge is 0.410 e. The molecule has 1 aromatic rings. The van der Waals surface area contributed by atoms with Gasteiger partial charge in [0.1, 0.15) is 11.4 Å². The number of halogens is 3. The molecule has 0 bridgehead atoms. The molecule has 4 N–H and O–H groups in total. The van der Waals surface area contributed by atoms with Gasteiger partial charge in [0.2, 0.25) is 0 Å². The van der Waals surface area contributed by atoms with Crippen molar-refractivity contribution in [2.75, 3.05) is 12.4 Å². The molecule has 2 atom stereocenters. The first-order chi connectivity index (χ1) is 10.2. The van der Waals surface area contributed by atoms with Crippen molar-refractivity contribution in [2.45, 2.75) is 31.6 Å². The summed E-state index contributed by atoms with van der Waals surface area (Å²) in [5, 5.41) is 9.31. The molecule has 1 aliphatic rings. The second-order valence-corrected chi connectivity index (χ2v) is 5.26. The van der Waals surface area contributed by atoms with E-state index in [-0.39, 0.29) is 22.9 Å². The van der Waals surface area contributed by atoms with Crippen LogP contribution in [0.2, 0.25) is 0 Å². The van der Waals surface area contributed by atoms with Crippen LogP contribution in [0, 0.1) is 0 Å². The van der Waals surface area contributed by atoms with Crippen LogP contribution in [0.3, 0.4) is 0 Å². The van der Waals surface area contributed by atoms with Gasteiger partial charge in [0, 0.05) is 13.1 Å². The Morgan fingerprint density at radius 2 is 2.18 bits per heavy atom. The smallest absolute Gasteiger partial charge is 0.367 e. The van der Waals surface area contributed by atoms with Crippen LogP contribution < -0.4 is 21.5 Å². The number of fused-ring (bicyclic) bond motifs is 1. The highest BCUT2D eigenvalue weighted by Gasteiger charge is 2.46. The highest BCUT2D eigenvalue weighted by Crippen LogP contribution is 2.39. The van der Waals surface area contributed by atoms with Gasteiger partial charge in [-0.25, -0.2) is 4.68 Å². The van der Waals surface area contributed by atoms with Crippen molar-refractivity contribution in [2.24, 2.45) is 0 Å². The summed E-state index contributed by atoms with van der Waals surface area (Å²) in [7, 11) is 1.56. The lowest BCUT2D eigenvalue weighted by molar-refractivity contribution is -0.173. The fourth-order valence-electron chi connectivity index (χ4n) is 2.15. The van der Waals surface area contributed by atoms with Gasteiger partial charge in [0.15, 0.2) is 11.2 Å². The summed E-state index contributed by atoms with van der Waals surface area (Å²) in [4.78, 5) is 12.0. The van der Waals surface area contributed by atoms with Crippen LogP contribution in [-0.2, 0) is 0 Å². The van der Waals surface area contributed by atoms with Crippen molar-refractivity contribution in [3.05, 3.63) is 11.8 Å². The highest BCUT2D eigenvalue weighted by atomic mass is 32.1. The van der Waals surface area contributed by atoms with Crippen LogP contribution in [0.4, 0.5) is 19.0 Å². The molecule has 0 spiro atoms. The predicted octanol–water partition coefficient (Wildman–Crippen LogP) is 0.929. The van der Waals surface area contributed by atoms with Crippen LogP contribution in [0.15, 0.2) is 6.20 Å². The van der Waals surface area contributed by atoms with E-state index in [2.05, 4.69) is 26.6 Å². The third-order valence-electron chi connectivity index (χ3n) is 3.19. The molecule has 7 nitrogen and oxygen atoms in total. The average Bonchev–Trinajstić information content (AvgIpc) is 2.85. The second kappa shape index (κ2) is 5.99. The van der Waals surface area contributed by atoms with Gasteiger partial charge in [-0.05, 0) is 25.6 Å². The van der Waals surface area contributed by atoms with E-state index in [1.54, 1.807) is 14.0 Å². The lowest BCUT2D eigenvalue weighted by atomic mass is 10.1. The lowest BCUT2D eigenvalue weighted by Gasteiger charge is -2.31. The number of amides is 1. The van der Waals surface area contributed by atoms with E-state index in [0.717, 1.165) is 10.9 Å². The predicted molar refractivity (Wildman–Crippen MR) is 77.3 cm³/mol. The number of carbonyl (C=O) groups is 1. The number of hydrogen-bond acceptors (Lipinski definition) is 4. The summed E-state index contributed by atoms with van der Waals surface area (Å²) in [6.45, 7) is 1.62. The zero-order valence-electron chi connectivity index (χ0n) is 11.8. The molecule has 0 radical (unpaired) electrons. The van der Waals surface area contributed by atoms with E-state index < -0.39 is 24.2 Å². The molecule has 22 heavy (non-hydrogen) atoms. The van der Waals surface area contributed by atoms with E-state index in [4.69, 9.17) is 12.2 Å². The van der Waals surface area contributed by atoms with Crippen molar-refractivity contribution in [1.82, 2.24) is 25.9 Å². The van der Waals surface area contributed by atoms with Crippen molar-refractivity contribution >= 4 is 29.1 Å². The summed E-state index contributed by atoms with van der Waals surface area (Å²) < 4.78 is 40.0. The Morgan fingerprint density at radius 3 is 2.77 bits per heavy atom. The first-order valence-electron chi connectivity index (χ1n) is 6.43. The average molecular weight is 336 g/mol. The minimum Gasteiger partial charge on any atom is -0.367 e. The van der Waals surface area contributed by atoms with Crippen LogP contribution in [0.1, 0.15) is 29.7 Å². The van der Waals surface area contributed by atoms with Gasteiger partial charge in [-0.2, -0.15) is 18.3 Å². The first kappa shape index (κ1) is 16.3. The third-order valence-corrected chi connectivity index (χ3v) is 3.50. The van der Waals surface area contributed by atoms with Crippen molar-refractivity contribution in [1.29, 1.82) is 0 Å². The molecule has 0 fully saturated rings. The van der Waals surface area contributed by atoms with Gasteiger partial charge in [-0.15, -0.1) is 0 Å². The minimum atomic E-state index is -4.43. The van der Waals surface area contributed by atoms with Crippen molar-refractivity contribution in [3.63, 3.8) is 0 Å². The second-order valence-electron chi connectivity index (χ2n) is 4.85. The molecule has 0 saturated heterocycles. The van der Waals surface area contributed by atoms with Crippen LogP contribution in [-0.4, -0.2) is 40.1 Å². The number of alkyl halides is 3. The summed E-state index contributed by atoms with van der Waals surface area (Å²) in [6.07, 6.45) is -3.49. The SMILES string of the molecule is CNC(=S)NNC(=O)c1cnn2c1N[C@@H](C)C[C@H]2C(F)(F)F. The number of hydrazine groups is 1. The lowest BCUT2D eigenvalue weighted by Crippen LogP contribution is -2.46. The highest BCUT2D eigenvalue weighted by molar-refractivity contribution is 7.80. The molecule has 2 heterocycles. The maximum absolute atomic E-state index is 13.1. The number of rotatable bonds is 1. The van der Waals surface area contributed by atoms with E-state index >= 15 is 0 Å². The number of thiocarbonyl (C=S) groups is 1. The third kappa shape index (κ3) is 3.24. The summed E-state index contributed by atoms with van der Waals surface area (Å²) in [6, 6.07) is -2.19. The maximum Gasteiger partial charge on any atom is 0.410 e. The molecule has 0 aromatic carbocycles. The number of nitrogens with one attached hydrogen (secondary N) is 4. The molecule has 1 amide bonds. The van der Waals surface area contributed by atoms with E-state index in [1.807, 2.05) is 0 Å². The summed E-state index contributed by atoms with van der Waals surface area (Å²) >= 11 is 4.79. The Morgan fingerprint density at radius 1 is 1.50 bits per heavy atom. The zero-order chi connectivity index (χ0) is 16.5. The topological polar surface area (TPSA) is 83.0 Å². The van der Waals surface area contributed by atoms with Gasteiger partial charge in [0.25, 0.3) is 5.91 Å². The number of anilines is 1. The minimum absolute atomic E-state index is 0.00667. The van der Waals surface area contributed by atoms with E-state index in [0.29, 0.717) is 0 Å². The van der Waals surface area contributed by atoms with Crippen LogP contribution in [0.5, 0.6) is 0 Å². The van der Waals surface area contributed by atoms with E-state index in [1.165, 1.54) is 0 Å². The molecule has 2 rings (SSSR count). The van der Waals surface area contributed by atoms with Crippen molar-refractivity contribution in [3.8, 4) is 0 Å². The Bertz CT molecular complexity index is 587. The standard InChI is InChI=1S/C11H15F3N6OS/c1-5-3-7(11(12,13)14)20-8(17-5)6(4-16-20)9(21)18-19-10(22)15-2/h4-5,7,17H,3H2,1-2H3,(H,18,21)(H2,15,19,22)/t5-,7-/m0/s1. The Balaban J connectivity index is 2.25. The Kier molecular flexibility index (Phi) is 4.44. The van der Waals surface area contributed by atoms with Gasteiger partial charge in [0.05, 0.1) is 6.20 Å². The molecular weight excluding hydrogens is 321 g/mol. The Labute approximate surface area is 129 Å². The van der Waals surface area contributed by atoms with Crippen molar-refractivity contribution < 1.29 is 18.0 Å². The Hall–Kier alpha value is -2.04. The van der Waals surface area contributed by atoms with Gasteiger partial charge in [-0.3, -0.25) is 15.6 Å². The number of nitrogens with zero attached hydrogens (tertiary/aromatic N) is 2. The van der Waals surface area contributed by atoms with E-state index in [9.17, 15) is 18.0 Å². The fraction of sp³-hybridized carbons (Fsp3) is 0.545. The molecule has 1 aliphatic heterocycles. The van der Waals surface area contributed by atoms with Gasteiger partial charge in [-0.1, -0.05) is 0 Å². The molecule has 11 heteroatoms. The number of hydrogen-bond donors (Lipinski definition) is 4. The number of aromatic nitrogens is 2. The zero-order valence-corrected chi connectivity index (χ0v) is 12.6. The monoisotopic (exact) mass is 336 g/mol. The molecule has 122 valence electrons. The van der Waals surface area contributed by atoms with Crippen LogP contribution in [0.25, 0.3) is 0 Å². The number of carbonyl (C=O) groups excluding carboxylic acids is 1. The molecule has 1 aromatic heterocycles. The summed E-state index contributed by atoms with van der Waals surface area (Å²) in [5.74, 6) is -0.600. The normalized spacial score (nSPS) is 20.6. The first-order valence-corrected chi connectivity index (χ1v) is 6.83. The fourth-order valence-corrected chi connectivity index (χ4v) is 2.20. The molecule has 0 aliphatic carbocycles.